The van der Waals surface area contributed by atoms with Crippen molar-refractivity contribution >= 4 is 21.6 Å². The number of hydrogen-bond acceptors (Lipinski definition) is 3. The molecule has 2 aliphatic heterocycles. The first kappa shape index (κ1) is 11.9. The van der Waals surface area contributed by atoms with Crippen LogP contribution < -0.4 is 10.2 Å². The average molecular weight is 310 g/mol. The SMILES string of the molecule is N#Cc1ccc(N2CC[C@H]3CNC[C@H]32)c(F)c1Br. The summed E-state index contributed by atoms with van der Waals surface area (Å²) in [6.07, 6.45) is 1.11. The van der Waals surface area contributed by atoms with E-state index < -0.39 is 0 Å². The Morgan fingerprint density at radius 1 is 1.44 bits per heavy atom. The van der Waals surface area contributed by atoms with Crippen molar-refractivity contribution in [3.05, 3.63) is 28.0 Å². The second-order valence-corrected chi connectivity index (χ2v) is 5.63. The highest BCUT2D eigenvalue weighted by molar-refractivity contribution is 9.10. The molecule has 5 heteroatoms. The predicted molar refractivity (Wildman–Crippen MR) is 70.9 cm³/mol. The lowest BCUT2D eigenvalue weighted by atomic mass is 10.0. The van der Waals surface area contributed by atoms with Gasteiger partial charge in [0.05, 0.1) is 15.7 Å². The van der Waals surface area contributed by atoms with Crippen LogP contribution in [0.3, 0.4) is 0 Å². The highest BCUT2D eigenvalue weighted by Gasteiger charge is 2.38. The van der Waals surface area contributed by atoms with E-state index in [0.717, 1.165) is 26.1 Å². The van der Waals surface area contributed by atoms with Crippen LogP contribution in [0.25, 0.3) is 0 Å². The zero-order valence-electron chi connectivity index (χ0n) is 9.79. The minimum atomic E-state index is -0.318. The molecule has 0 saturated carbocycles. The first-order valence-electron chi connectivity index (χ1n) is 6.08. The van der Waals surface area contributed by atoms with Crippen molar-refractivity contribution in [1.29, 1.82) is 5.26 Å². The molecule has 0 aliphatic carbocycles. The van der Waals surface area contributed by atoms with Gasteiger partial charge in [0, 0.05) is 25.7 Å². The third-order valence-electron chi connectivity index (χ3n) is 3.94. The second kappa shape index (κ2) is 4.52. The van der Waals surface area contributed by atoms with Gasteiger partial charge in [0.25, 0.3) is 0 Å². The van der Waals surface area contributed by atoms with E-state index in [1.54, 1.807) is 12.1 Å². The van der Waals surface area contributed by atoms with Gasteiger partial charge in [0.15, 0.2) is 5.82 Å². The van der Waals surface area contributed by atoms with Gasteiger partial charge in [-0.3, -0.25) is 0 Å². The van der Waals surface area contributed by atoms with Crippen LogP contribution in [0.2, 0.25) is 0 Å². The maximum atomic E-state index is 14.3. The van der Waals surface area contributed by atoms with E-state index in [2.05, 4.69) is 26.1 Å². The van der Waals surface area contributed by atoms with E-state index in [-0.39, 0.29) is 10.3 Å². The van der Waals surface area contributed by atoms with Gasteiger partial charge >= 0.3 is 0 Å². The van der Waals surface area contributed by atoms with Crippen molar-refractivity contribution in [1.82, 2.24) is 5.32 Å². The number of nitrogens with one attached hydrogen (secondary N) is 1. The fraction of sp³-hybridized carbons (Fsp3) is 0.462. The van der Waals surface area contributed by atoms with Gasteiger partial charge in [-0.05, 0) is 40.4 Å². The molecule has 2 atom stereocenters. The minimum Gasteiger partial charge on any atom is -0.365 e. The van der Waals surface area contributed by atoms with Crippen molar-refractivity contribution in [2.75, 3.05) is 24.5 Å². The van der Waals surface area contributed by atoms with Gasteiger partial charge in [-0.1, -0.05) is 0 Å². The zero-order chi connectivity index (χ0) is 12.7. The number of nitriles is 1. The molecule has 0 radical (unpaired) electrons. The molecular formula is C13H13BrFN3. The lowest BCUT2D eigenvalue weighted by Gasteiger charge is -2.26. The fourth-order valence-corrected chi connectivity index (χ4v) is 3.42. The normalized spacial score (nSPS) is 26.2. The van der Waals surface area contributed by atoms with Gasteiger partial charge in [0.2, 0.25) is 0 Å². The summed E-state index contributed by atoms with van der Waals surface area (Å²) in [6, 6.07) is 5.77. The van der Waals surface area contributed by atoms with Gasteiger partial charge in [-0.15, -0.1) is 0 Å². The molecule has 18 heavy (non-hydrogen) atoms. The molecule has 0 unspecified atom stereocenters. The van der Waals surface area contributed by atoms with Crippen LogP contribution in [0, 0.1) is 23.1 Å². The Hall–Kier alpha value is -1.12. The second-order valence-electron chi connectivity index (χ2n) is 4.84. The summed E-state index contributed by atoms with van der Waals surface area (Å²) in [4.78, 5) is 2.13. The maximum absolute atomic E-state index is 14.3. The topological polar surface area (TPSA) is 39.1 Å². The molecule has 2 heterocycles. The van der Waals surface area contributed by atoms with Gasteiger partial charge in [-0.25, -0.2) is 4.39 Å². The van der Waals surface area contributed by atoms with Gasteiger partial charge in [0.1, 0.15) is 6.07 Å². The third kappa shape index (κ3) is 1.72. The smallest absolute Gasteiger partial charge is 0.161 e. The number of benzene rings is 1. The lowest BCUT2D eigenvalue weighted by molar-refractivity contribution is 0.569. The van der Waals surface area contributed by atoms with E-state index in [1.165, 1.54) is 0 Å². The van der Waals surface area contributed by atoms with Crippen LogP contribution in [-0.4, -0.2) is 25.7 Å². The molecule has 1 aromatic carbocycles. The van der Waals surface area contributed by atoms with E-state index in [0.29, 0.717) is 23.2 Å². The summed E-state index contributed by atoms with van der Waals surface area (Å²) >= 11 is 3.17. The molecule has 1 aromatic rings. The van der Waals surface area contributed by atoms with Crippen LogP contribution in [0.15, 0.2) is 16.6 Å². The number of hydrogen-bond donors (Lipinski definition) is 1. The Labute approximate surface area is 114 Å². The van der Waals surface area contributed by atoms with E-state index in [1.807, 2.05) is 6.07 Å². The first-order chi connectivity index (χ1) is 8.72. The van der Waals surface area contributed by atoms with Crippen LogP contribution >= 0.6 is 15.9 Å². The zero-order valence-corrected chi connectivity index (χ0v) is 11.4. The Bertz CT molecular complexity index is 526. The van der Waals surface area contributed by atoms with Gasteiger partial charge < -0.3 is 10.2 Å². The molecule has 2 aliphatic rings. The largest absolute Gasteiger partial charge is 0.365 e. The summed E-state index contributed by atoms with van der Waals surface area (Å²) < 4.78 is 14.6. The van der Waals surface area contributed by atoms with Crippen LogP contribution in [0.4, 0.5) is 10.1 Å². The molecule has 3 rings (SSSR count). The van der Waals surface area contributed by atoms with Crippen LogP contribution in [-0.2, 0) is 0 Å². The highest BCUT2D eigenvalue weighted by Crippen LogP contribution is 2.36. The van der Waals surface area contributed by atoms with Crippen molar-refractivity contribution in [3.8, 4) is 6.07 Å². The monoisotopic (exact) mass is 309 g/mol. The number of fused-ring (bicyclic) bond motifs is 1. The molecule has 0 spiro atoms. The minimum absolute atomic E-state index is 0.275. The summed E-state index contributed by atoms with van der Waals surface area (Å²) in [7, 11) is 0. The Morgan fingerprint density at radius 2 is 2.28 bits per heavy atom. The van der Waals surface area contributed by atoms with Gasteiger partial charge in [-0.2, -0.15) is 5.26 Å². The first-order valence-corrected chi connectivity index (χ1v) is 6.87. The average Bonchev–Trinajstić information content (AvgIpc) is 2.95. The Morgan fingerprint density at radius 3 is 3.06 bits per heavy atom. The molecule has 0 bridgehead atoms. The summed E-state index contributed by atoms with van der Waals surface area (Å²) in [5.41, 5.74) is 0.952. The fourth-order valence-electron chi connectivity index (χ4n) is 3.00. The molecule has 1 N–H and O–H groups in total. The Balaban J connectivity index is 1.98. The Kier molecular flexibility index (Phi) is 3.00. The van der Waals surface area contributed by atoms with E-state index >= 15 is 0 Å². The quantitative estimate of drug-likeness (QED) is 0.865. The van der Waals surface area contributed by atoms with Crippen molar-refractivity contribution in [2.24, 2.45) is 5.92 Å². The van der Waals surface area contributed by atoms with E-state index in [4.69, 9.17) is 5.26 Å². The van der Waals surface area contributed by atoms with Crippen molar-refractivity contribution < 1.29 is 4.39 Å². The third-order valence-corrected chi connectivity index (χ3v) is 4.71. The summed E-state index contributed by atoms with van der Waals surface area (Å²) in [5, 5.41) is 12.2. The number of nitrogens with zero attached hydrogens (tertiary/aromatic N) is 2. The molecule has 94 valence electrons. The number of anilines is 1. The van der Waals surface area contributed by atoms with Crippen molar-refractivity contribution in [2.45, 2.75) is 12.5 Å². The number of rotatable bonds is 1. The maximum Gasteiger partial charge on any atom is 0.161 e. The molecule has 3 nitrogen and oxygen atoms in total. The molecular weight excluding hydrogens is 297 g/mol. The summed E-state index contributed by atoms with van der Waals surface area (Å²) in [6.45, 7) is 2.84. The molecule has 0 aromatic heterocycles. The standard InChI is InChI=1S/C13H13BrFN3/c14-12-8(5-16)1-2-10(13(12)15)18-4-3-9-6-17-7-11(9)18/h1-2,9,11,17H,3-4,6-7H2/t9-,11+/m0/s1. The highest BCUT2D eigenvalue weighted by atomic mass is 79.9. The number of halogens is 2. The van der Waals surface area contributed by atoms with E-state index in [9.17, 15) is 4.39 Å². The van der Waals surface area contributed by atoms with Crippen LogP contribution in [0.1, 0.15) is 12.0 Å². The van der Waals surface area contributed by atoms with Crippen molar-refractivity contribution in [3.63, 3.8) is 0 Å². The lowest BCUT2D eigenvalue weighted by Crippen LogP contribution is -2.34. The molecule has 0 amide bonds. The molecule has 2 fully saturated rings. The van der Waals surface area contributed by atoms with Crippen LogP contribution in [0.5, 0.6) is 0 Å². The predicted octanol–water partition coefficient (Wildman–Crippen LogP) is 2.26. The summed E-state index contributed by atoms with van der Waals surface area (Å²) in [5.74, 6) is 0.306. The molecule has 2 saturated heterocycles.